The van der Waals surface area contributed by atoms with Crippen molar-refractivity contribution in [1.29, 1.82) is 0 Å². The molecule has 0 spiro atoms. The van der Waals surface area contributed by atoms with Gasteiger partial charge in [0.15, 0.2) is 0 Å². The van der Waals surface area contributed by atoms with E-state index in [1.807, 2.05) is 6.08 Å². The Kier molecular flexibility index (Phi) is 6.61. The van der Waals surface area contributed by atoms with Crippen molar-refractivity contribution in [2.45, 2.75) is 77.6 Å². The minimum Gasteiger partial charge on any atom is -0.377 e. The van der Waals surface area contributed by atoms with Crippen LogP contribution < -0.4 is 0 Å². The zero-order chi connectivity index (χ0) is 14.3. The number of hydrogen-bond donors (Lipinski definition) is 0. The molecule has 0 aromatic heterocycles. The van der Waals surface area contributed by atoms with Crippen LogP contribution in [0.4, 0.5) is 0 Å². The lowest BCUT2D eigenvalue weighted by Crippen LogP contribution is -2.34. The quantitative estimate of drug-likeness (QED) is 0.426. The first-order valence-corrected chi connectivity index (χ1v) is 8.98. The zero-order valence-corrected chi connectivity index (χ0v) is 13.5. The van der Waals surface area contributed by atoms with E-state index in [1.54, 1.807) is 0 Å². The first-order chi connectivity index (χ1) is 9.79. The van der Waals surface area contributed by atoms with Gasteiger partial charge >= 0.3 is 0 Å². The summed E-state index contributed by atoms with van der Waals surface area (Å²) in [5, 5.41) is 0. The Labute approximate surface area is 126 Å². The molecule has 0 amide bonds. The lowest BCUT2D eigenvalue weighted by molar-refractivity contribution is 0.00455. The number of hydrogen-bond acceptors (Lipinski definition) is 1. The van der Waals surface area contributed by atoms with Gasteiger partial charge in [0.25, 0.3) is 0 Å². The van der Waals surface area contributed by atoms with Gasteiger partial charge in [-0.15, -0.1) is 6.58 Å². The fourth-order valence-corrected chi connectivity index (χ4v) is 4.69. The standard InChI is InChI=1S/C19H34O/c1-3-12-19(16-20-15-4-2)13-10-18(11-14-19)17-8-6-5-7-9-17/h4,17-18H,2-3,5-16H2,1H3. The molecule has 0 N–H and O–H groups in total. The maximum atomic E-state index is 5.84. The highest BCUT2D eigenvalue weighted by Crippen LogP contribution is 2.47. The van der Waals surface area contributed by atoms with Crippen LogP contribution >= 0.6 is 0 Å². The van der Waals surface area contributed by atoms with Gasteiger partial charge in [0.2, 0.25) is 0 Å². The summed E-state index contributed by atoms with van der Waals surface area (Å²) in [5.74, 6) is 2.08. The van der Waals surface area contributed by atoms with Crippen molar-refractivity contribution >= 4 is 0 Å². The molecule has 1 heteroatoms. The Morgan fingerprint density at radius 1 is 1.05 bits per heavy atom. The predicted octanol–water partition coefficient (Wildman–Crippen LogP) is 5.75. The Balaban J connectivity index is 1.83. The minimum atomic E-state index is 0.489. The second-order valence-electron chi connectivity index (χ2n) is 7.29. The fraction of sp³-hybridized carbons (Fsp3) is 0.895. The molecule has 2 aliphatic rings. The fourth-order valence-electron chi connectivity index (χ4n) is 4.69. The summed E-state index contributed by atoms with van der Waals surface area (Å²) in [4.78, 5) is 0. The average Bonchev–Trinajstić information content (AvgIpc) is 2.50. The van der Waals surface area contributed by atoms with Gasteiger partial charge in [-0.3, -0.25) is 0 Å². The lowest BCUT2D eigenvalue weighted by atomic mass is 9.64. The van der Waals surface area contributed by atoms with Gasteiger partial charge in [0.05, 0.1) is 13.2 Å². The Morgan fingerprint density at radius 3 is 2.30 bits per heavy atom. The second-order valence-corrected chi connectivity index (χ2v) is 7.29. The largest absolute Gasteiger partial charge is 0.377 e. The number of ether oxygens (including phenoxy) is 1. The maximum Gasteiger partial charge on any atom is 0.0645 e. The van der Waals surface area contributed by atoms with Crippen LogP contribution in [0, 0.1) is 17.3 Å². The van der Waals surface area contributed by atoms with Crippen molar-refractivity contribution in [1.82, 2.24) is 0 Å². The van der Waals surface area contributed by atoms with Crippen molar-refractivity contribution in [3.63, 3.8) is 0 Å². The summed E-state index contributed by atoms with van der Waals surface area (Å²) in [5.41, 5.74) is 0.489. The van der Waals surface area contributed by atoms with Crippen molar-refractivity contribution < 1.29 is 4.74 Å². The Morgan fingerprint density at radius 2 is 1.70 bits per heavy atom. The molecule has 2 saturated carbocycles. The van der Waals surface area contributed by atoms with E-state index in [2.05, 4.69) is 13.5 Å². The van der Waals surface area contributed by atoms with Gasteiger partial charge in [-0.1, -0.05) is 51.5 Å². The summed E-state index contributed by atoms with van der Waals surface area (Å²) in [6.07, 6.45) is 17.7. The van der Waals surface area contributed by atoms with Gasteiger partial charge in [-0.2, -0.15) is 0 Å². The molecule has 2 aliphatic carbocycles. The van der Waals surface area contributed by atoms with Crippen LogP contribution in [0.3, 0.4) is 0 Å². The van der Waals surface area contributed by atoms with Gasteiger partial charge in [0, 0.05) is 0 Å². The molecule has 1 nitrogen and oxygen atoms in total. The monoisotopic (exact) mass is 278 g/mol. The summed E-state index contributed by atoms with van der Waals surface area (Å²) < 4.78 is 5.84. The third-order valence-electron chi connectivity index (χ3n) is 5.83. The molecule has 0 unspecified atom stereocenters. The van der Waals surface area contributed by atoms with Gasteiger partial charge < -0.3 is 4.74 Å². The van der Waals surface area contributed by atoms with Crippen molar-refractivity contribution in [2.24, 2.45) is 17.3 Å². The van der Waals surface area contributed by atoms with Crippen molar-refractivity contribution in [3.8, 4) is 0 Å². The minimum absolute atomic E-state index is 0.489. The molecule has 2 rings (SSSR count). The third-order valence-corrected chi connectivity index (χ3v) is 5.83. The second kappa shape index (κ2) is 8.22. The normalized spacial score (nSPS) is 32.1. The highest BCUT2D eigenvalue weighted by molar-refractivity contribution is 4.88. The molecule has 116 valence electrons. The molecular formula is C19H34O. The van der Waals surface area contributed by atoms with E-state index in [0.717, 1.165) is 25.0 Å². The lowest BCUT2D eigenvalue weighted by Gasteiger charge is -2.43. The Bertz CT molecular complexity index is 269. The van der Waals surface area contributed by atoms with Crippen LogP contribution in [0.1, 0.15) is 77.6 Å². The van der Waals surface area contributed by atoms with E-state index in [0.29, 0.717) is 5.41 Å². The van der Waals surface area contributed by atoms with E-state index in [4.69, 9.17) is 4.74 Å². The van der Waals surface area contributed by atoms with E-state index in [9.17, 15) is 0 Å². The summed E-state index contributed by atoms with van der Waals surface area (Å²) in [6, 6.07) is 0. The third kappa shape index (κ3) is 4.35. The molecule has 0 aliphatic heterocycles. The smallest absolute Gasteiger partial charge is 0.0645 e. The molecule has 0 aromatic rings. The predicted molar refractivity (Wildman–Crippen MR) is 86.9 cm³/mol. The van der Waals surface area contributed by atoms with Crippen LogP contribution in [0.2, 0.25) is 0 Å². The first-order valence-electron chi connectivity index (χ1n) is 8.98. The summed E-state index contributed by atoms with van der Waals surface area (Å²) in [6.45, 7) is 7.76. The Hall–Kier alpha value is -0.300. The molecular weight excluding hydrogens is 244 g/mol. The van der Waals surface area contributed by atoms with Crippen LogP contribution in [-0.4, -0.2) is 13.2 Å². The van der Waals surface area contributed by atoms with Crippen LogP contribution in [-0.2, 0) is 4.74 Å². The topological polar surface area (TPSA) is 9.23 Å². The molecule has 0 saturated heterocycles. The molecule has 20 heavy (non-hydrogen) atoms. The van der Waals surface area contributed by atoms with Crippen molar-refractivity contribution in [2.75, 3.05) is 13.2 Å². The summed E-state index contributed by atoms with van der Waals surface area (Å²) in [7, 11) is 0. The van der Waals surface area contributed by atoms with E-state index in [-0.39, 0.29) is 0 Å². The molecule has 0 heterocycles. The summed E-state index contributed by atoms with van der Waals surface area (Å²) >= 11 is 0. The van der Waals surface area contributed by atoms with Crippen LogP contribution in [0.25, 0.3) is 0 Å². The van der Waals surface area contributed by atoms with Gasteiger partial charge in [0.1, 0.15) is 0 Å². The van der Waals surface area contributed by atoms with Gasteiger partial charge in [-0.05, 0) is 49.4 Å². The highest BCUT2D eigenvalue weighted by atomic mass is 16.5. The van der Waals surface area contributed by atoms with E-state index in [1.165, 1.54) is 70.6 Å². The van der Waals surface area contributed by atoms with Crippen LogP contribution in [0.5, 0.6) is 0 Å². The zero-order valence-electron chi connectivity index (χ0n) is 13.5. The van der Waals surface area contributed by atoms with E-state index < -0.39 is 0 Å². The average molecular weight is 278 g/mol. The van der Waals surface area contributed by atoms with Gasteiger partial charge in [-0.25, -0.2) is 0 Å². The molecule has 0 atom stereocenters. The molecule has 0 aromatic carbocycles. The highest BCUT2D eigenvalue weighted by Gasteiger charge is 2.37. The van der Waals surface area contributed by atoms with Crippen molar-refractivity contribution in [3.05, 3.63) is 12.7 Å². The molecule has 0 radical (unpaired) electrons. The van der Waals surface area contributed by atoms with Crippen LogP contribution in [0.15, 0.2) is 12.7 Å². The molecule has 2 fully saturated rings. The SMILES string of the molecule is C=CCOCC1(CCC)CCC(C2CCCCC2)CC1. The molecule has 0 bridgehead atoms. The number of rotatable bonds is 7. The van der Waals surface area contributed by atoms with E-state index >= 15 is 0 Å². The first kappa shape index (κ1) is 16.1. The maximum absolute atomic E-state index is 5.84.